The fraction of sp³-hybridized carbons (Fsp3) is 0.0909. The van der Waals surface area contributed by atoms with E-state index < -0.39 is 5.97 Å². The van der Waals surface area contributed by atoms with Crippen molar-refractivity contribution in [2.45, 2.75) is 6.61 Å². The second-order valence-electron chi connectivity index (χ2n) is 3.50. The average Bonchev–Trinajstić information content (AvgIpc) is 2.69. The zero-order valence-electron chi connectivity index (χ0n) is 9.39. The van der Waals surface area contributed by atoms with Crippen LogP contribution in [0, 0.1) is 0 Å². The van der Waals surface area contributed by atoms with Gasteiger partial charge in [-0.1, -0.05) is 34.5 Å². The SMILES string of the molecule is Nc1nc(COc2ccc(Cl)cc2Cl)c(C(=O)O)s1. The number of aromatic nitrogens is 1. The van der Waals surface area contributed by atoms with Crippen LogP contribution in [-0.2, 0) is 6.61 Å². The van der Waals surface area contributed by atoms with Gasteiger partial charge in [-0.25, -0.2) is 9.78 Å². The number of thiazole rings is 1. The van der Waals surface area contributed by atoms with Crippen molar-refractivity contribution in [2.75, 3.05) is 5.73 Å². The van der Waals surface area contributed by atoms with Crippen LogP contribution in [0.5, 0.6) is 5.75 Å². The molecule has 0 aliphatic rings. The number of ether oxygens (including phenoxy) is 1. The fourth-order valence-corrected chi connectivity index (χ4v) is 2.51. The summed E-state index contributed by atoms with van der Waals surface area (Å²) in [5.41, 5.74) is 5.75. The number of carboxylic acids is 1. The summed E-state index contributed by atoms with van der Waals surface area (Å²) in [6, 6.07) is 4.75. The third kappa shape index (κ3) is 3.28. The molecule has 1 aromatic carbocycles. The Hall–Kier alpha value is -1.50. The van der Waals surface area contributed by atoms with Crippen LogP contribution in [0.3, 0.4) is 0 Å². The first kappa shape index (κ1) is 13.9. The van der Waals surface area contributed by atoms with Gasteiger partial charge in [-0.15, -0.1) is 0 Å². The molecule has 2 rings (SSSR count). The molecule has 2 aromatic rings. The molecule has 0 fully saturated rings. The van der Waals surface area contributed by atoms with Gasteiger partial charge in [-0.3, -0.25) is 0 Å². The van der Waals surface area contributed by atoms with E-state index in [1.807, 2.05) is 0 Å². The number of hydrogen-bond donors (Lipinski definition) is 2. The third-order valence-electron chi connectivity index (χ3n) is 2.17. The van der Waals surface area contributed by atoms with Gasteiger partial charge in [0, 0.05) is 5.02 Å². The minimum Gasteiger partial charge on any atom is -0.486 e. The lowest BCUT2D eigenvalue weighted by molar-refractivity contribution is 0.0699. The Morgan fingerprint density at radius 3 is 2.84 bits per heavy atom. The number of carbonyl (C=O) groups is 1. The second-order valence-corrected chi connectivity index (χ2v) is 5.37. The topological polar surface area (TPSA) is 85.4 Å². The number of nitrogens with zero attached hydrogens (tertiary/aromatic N) is 1. The summed E-state index contributed by atoms with van der Waals surface area (Å²) in [5, 5.41) is 9.99. The molecule has 0 unspecified atom stereocenters. The number of rotatable bonds is 4. The van der Waals surface area contributed by atoms with Gasteiger partial charge in [0.2, 0.25) is 0 Å². The first-order valence-corrected chi connectivity index (χ1v) is 6.61. The number of nitrogen functional groups attached to an aromatic ring is 1. The molecule has 0 atom stereocenters. The molecule has 0 spiro atoms. The van der Waals surface area contributed by atoms with Gasteiger partial charge >= 0.3 is 5.97 Å². The maximum atomic E-state index is 11.0. The highest BCUT2D eigenvalue weighted by atomic mass is 35.5. The standard InChI is InChI=1S/C11H8Cl2N2O3S/c12-5-1-2-8(6(13)3-5)18-4-7-9(10(16)17)19-11(14)15-7/h1-3H,4H2,(H2,14,15)(H,16,17). The Morgan fingerprint density at radius 1 is 1.47 bits per heavy atom. The van der Waals surface area contributed by atoms with Crippen LogP contribution >= 0.6 is 34.5 Å². The van der Waals surface area contributed by atoms with E-state index in [0.717, 1.165) is 11.3 Å². The van der Waals surface area contributed by atoms with Crippen LogP contribution < -0.4 is 10.5 Å². The predicted molar refractivity (Wildman–Crippen MR) is 74.3 cm³/mol. The first-order chi connectivity index (χ1) is 8.97. The fourth-order valence-electron chi connectivity index (χ4n) is 1.37. The number of halogens is 2. The summed E-state index contributed by atoms with van der Waals surface area (Å²) in [5.74, 6) is -0.691. The second kappa shape index (κ2) is 5.64. The molecule has 0 aliphatic heterocycles. The number of benzene rings is 1. The maximum absolute atomic E-state index is 11.0. The predicted octanol–water partition coefficient (Wildman–Crippen LogP) is 3.31. The van der Waals surface area contributed by atoms with E-state index in [1.165, 1.54) is 6.07 Å². The number of aromatic carboxylic acids is 1. The smallest absolute Gasteiger partial charge is 0.348 e. The van der Waals surface area contributed by atoms with Crippen LogP contribution in [-0.4, -0.2) is 16.1 Å². The normalized spacial score (nSPS) is 10.4. The lowest BCUT2D eigenvalue weighted by Gasteiger charge is -2.07. The van der Waals surface area contributed by atoms with Gasteiger partial charge < -0.3 is 15.6 Å². The molecule has 1 heterocycles. The molecule has 19 heavy (non-hydrogen) atoms. The van der Waals surface area contributed by atoms with Crippen molar-refractivity contribution in [3.8, 4) is 5.75 Å². The van der Waals surface area contributed by atoms with Gasteiger partial charge in [0.15, 0.2) is 5.13 Å². The van der Waals surface area contributed by atoms with Crippen LogP contribution in [0.2, 0.25) is 10.0 Å². The van der Waals surface area contributed by atoms with Crippen molar-refractivity contribution in [1.82, 2.24) is 4.98 Å². The largest absolute Gasteiger partial charge is 0.486 e. The maximum Gasteiger partial charge on any atom is 0.348 e. The Morgan fingerprint density at radius 2 is 2.21 bits per heavy atom. The van der Waals surface area contributed by atoms with Crippen molar-refractivity contribution < 1.29 is 14.6 Å². The van der Waals surface area contributed by atoms with E-state index in [4.69, 9.17) is 38.8 Å². The molecule has 3 N–H and O–H groups in total. The Bertz CT molecular complexity index is 630. The molecule has 0 saturated carbocycles. The summed E-state index contributed by atoms with van der Waals surface area (Å²) in [6.45, 7) is -0.0311. The summed E-state index contributed by atoms with van der Waals surface area (Å²) < 4.78 is 5.42. The molecule has 5 nitrogen and oxygen atoms in total. The van der Waals surface area contributed by atoms with Gasteiger partial charge in [0.25, 0.3) is 0 Å². The molecule has 1 aromatic heterocycles. The number of hydrogen-bond acceptors (Lipinski definition) is 5. The average molecular weight is 319 g/mol. The van der Waals surface area contributed by atoms with E-state index in [9.17, 15) is 4.79 Å². The lowest BCUT2D eigenvalue weighted by Crippen LogP contribution is -2.03. The molecular formula is C11H8Cl2N2O3S. The van der Waals surface area contributed by atoms with Crippen molar-refractivity contribution >= 4 is 45.6 Å². The van der Waals surface area contributed by atoms with Gasteiger partial charge in [0.1, 0.15) is 22.9 Å². The minimum absolute atomic E-state index is 0.0311. The molecule has 8 heteroatoms. The summed E-state index contributed by atoms with van der Waals surface area (Å²) >= 11 is 12.6. The summed E-state index contributed by atoms with van der Waals surface area (Å²) in [7, 11) is 0. The lowest BCUT2D eigenvalue weighted by atomic mass is 10.3. The number of nitrogens with two attached hydrogens (primary N) is 1. The molecule has 100 valence electrons. The minimum atomic E-state index is -1.09. The molecule has 0 bridgehead atoms. The van der Waals surface area contributed by atoms with Gasteiger partial charge in [-0.2, -0.15) is 0 Å². The molecule has 0 amide bonds. The quantitative estimate of drug-likeness (QED) is 0.903. The van der Waals surface area contributed by atoms with E-state index in [2.05, 4.69) is 4.98 Å². The Balaban J connectivity index is 2.16. The monoisotopic (exact) mass is 318 g/mol. The molecule has 0 aliphatic carbocycles. The third-order valence-corrected chi connectivity index (χ3v) is 3.61. The van der Waals surface area contributed by atoms with E-state index in [1.54, 1.807) is 12.1 Å². The van der Waals surface area contributed by atoms with Crippen molar-refractivity contribution in [3.05, 3.63) is 38.8 Å². The highest BCUT2D eigenvalue weighted by molar-refractivity contribution is 7.17. The van der Waals surface area contributed by atoms with E-state index in [0.29, 0.717) is 15.8 Å². The Kier molecular flexibility index (Phi) is 4.14. The van der Waals surface area contributed by atoms with Crippen molar-refractivity contribution in [3.63, 3.8) is 0 Å². The van der Waals surface area contributed by atoms with Gasteiger partial charge in [-0.05, 0) is 18.2 Å². The molecule has 0 saturated heterocycles. The van der Waals surface area contributed by atoms with Crippen LogP contribution in [0.4, 0.5) is 5.13 Å². The van der Waals surface area contributed by atoms with Crippen LogP contribution in [0.25, 0.3) is 0 Å². The van der Waals surface area contributed by atoms with Gasteiger partial charge in [0.05, 0.1) is 5.02 Å². The highest BCUT2D eigenvalue weighted by Crippen LogP contribution is 2.29. The summed E-state index contributed by atoms with van der Waals surface area (Å²) in [6.07, 6.45) is 0. The Labute approximate surface area is 122 Å². The molecular weight excluding hydrogens is 311 g/mol. The van der Waals surface area contributed by atoms with Crippen molar-refractivity contribution in [1.29, 1.82) is 0 Å². The number of anilines is 1. The summed E-state index contributed by atoms with van der Waals surface area (Å²) in [4.78, 5) is 14.9. The highest BCUT2D eigenvalue weighted by Gasteiger charge is 2.17. The van der Waals surface area contributed by atoms with Crippen LogP contribution in [0.1, 0.15) is 15.4 Å². The van der Waals surface area contributed by atoms with E-state index >= 15 is 0 Å². The van der Waals surface area contributed by atoms with Crippen molar-refractivity contribution in [2.24, 2.45) is 0 Å². The zero-order valence-corrected chi connectivity index (χ0v) is 11.7. The van der Waals surface area contributed by atoms with Crippen LogP contribution in [0.15, 0.2) is 18.2 Å². The number of carboxylic acid groups (broad SMARTS) is 1. The van der Waals surface area contributed by atoms with E-state index in [-0.39, 0.29) is 22.3 Å². The molecule has 0 radical (unpaired) electrons. The zero-order chi connectivity index (χ0) is 14.0. The first-order valence-electron chi connectivity index (χ1n) is 5.03.